The van der Waals surface area contributed by atoms with E-state index in [-0.39, 0.29) is 18.3 Å². The van der Waals surface area contributed by atoms with Crippen LogP contribution in [0.25, 0.3) is 0 Å². The van der Waals surface area contributed by atoms with Gasteiger partial charge in [-0.15, -0.1) is 0 Å². The van der Waals surface area contributed by atoms with Crippen molar-refractivity contribution in [2.45, 2.75) is 45.3 Å². The van der Waals surface area contributed by atoms with Gasteiger partial charge in [0.2, 0.25) is 5.82 Å². The topological polar surface area (TPSA) is 52.4 Å². The fourth-order valence-corrected chi connectivity index (χ4v) is 2.56. The predicted octanol–water partition coefficient (Wildman–Crippen LogP) is 3.83. The molecule has 1 aromatic rings. The van der Waals surface area contributed by atoms with E-state index in [0.717, 1.165) is 19.3 Å². The molecule has 0 radical (unpaired) electrons. The zero-order valence-corrected chi connectivity index (χ0v) is 11.0. The van der Waals surface area contributed by atoms with E-state index in [2.05, 4.69) is 6.92 Å². The summed E-state index contributed by atoms with van der Waals surface area (Å²) >= 11 is 0. The van der Waals surface area contributed by atoms with E-state index >= 15 is 0 Å². The molecule has 1 aromatic carbocycles. The van der Waals surface area contributed by atoms with Crippen LogP contribution in [0.5, 0.6) is 0 Å². The second-order valence-corrected chi connectivity index (χ2v) is 5.21. The minimum Gasteiger partial charge on any atom is -0.373 e. The molecule has 4 nitrogen and oxygen atoms in total. The monoisotopic (exact) mass is 267 g/mol. The third-order valence-electron chi connectivity index (χ3n) is 3.62. The van der Waals surface area contributed by atoms with Gasteiger partial charge in [-0.25, -0.2) is 0 Å². The normalized spacial score (nSPS) is 23.3. The molecule has 0 spiro atoms. The van der Waals surface area contributed by atoms with Crippen molar-refractivity contribution >= 4 is 5.69 Å². The van der Waals surface area contributed by atoms with E-state index in [1.54, 1.807) is 0 Å². The number of ether oxygens (including phenoxy) is 1. The van der Waals surface area contributed by atoms with Crippen molar-refractivity contribution in [3.63, 3.8) is 0 Å². The molecule has 19 heavy (non-hydrogen) atoms. The molecular weight excluding hydrogens is 249 g/mol. The van der Waals surface area contributed by atoms with Gasteiger partial charge in [0.05, 0.1) is 17.6 Å². The molecule has 104 valence electrons. The molecule has 0 aromatic heterocycles. The molecule has 1 saturated carbocycles. The SMILES string of the molecule is CC1CCCC(OCc2cccc([N+](=O)[O-])c2F)C1. The number of hydrogen-bond acceptors (Lipinski definition) is 3. The summed E-state index contributed by atoms with van der Waals surface area (Å²) in [5.74, 6) is -0.148. The average Bonchev–Trinajstić information content (AvgIpc) is 2.37. The number of nitro benzene ring substituents is 1. The molecule has 2 rings (SSSR count). The van der Waals surface area contributed by atoms with Gasteiger partial charge in [-0.3, -0.25) is 10.1 Å². The Bertz CT molecular complexity index is 464. The quantitative estimate of drug-likeness (QED) is 0.615. The number of halogens is 1. The van der Waals surface area contributed by atoms with Crippen LogP contribution in [-0.2, 0) is 11.3 Å². The average molecular weight is 267 g/mol. The van der Waals surface area contributed by atoms with E-state index in [1.165, 1.54) is 24.6 Å². The largest absolute Gasteiger partial charge is 0.373 e. The molecule has 0 N–H and O–H groups in total. The summed E-state index contributed by atoms with van der Waals surface area (Å²) in [5, 5.41) is 10.6. The second-order valence-electron chi connectivity index (χ2n) is 5.21. The molecule has 2 atom stereocenters. The molecular formula is C14H18FNO3. The Morgan fingerprint density at radius 2 is 2.26 bits per heavy atom. The summed E-state index contributed by atoms with van der Waals surface area (Å²) in [6, 6.07) is 4.19. The molecule has 1 fully saturated rings. The lowest BCUT2D eigenvalue weighted by Crippen LogP contribution is -2.21. The van der Waals surface area contributed by atoms with Crippen molar-refractivity contribution < 1.29 is 14.1 Å². The van der Waals surface area contributed by atoms with E-state index in [4.69, 9.17) is 4.74 Å². The van der Waals surface area contributed by atoms with Gasteiger partial charge in [-0.1, -0.05) is 31.9 Å². The Kier molecular flexibility index (Phi) is 4.47. The predicted molar refractivity (Wildman–Crippen MR) is 69.3 cm³/mol. The van der Waals surface area contributed by atoms with Crippen molar-refractivity contribution in [3.8, 4) is 0 Å². The maximum atomic E-state index is 13.8. The zero-order valence-electron chi connectivity index (χ0n) is 11.0. The molecule has 2 unspecified atom stereocenters. The highest BCUT2D eigenvalue weighted by Gasteiger charge is 2.21. The summed E-state index contributed by atoms with van der Waals surface area (Å²) in [7, 11) is 0. The second kappa shape index (κ2) is 6.10. The minimum absolute atomic E-state index is 0.102. The van der Waals surface area contributed by atoms with Crippen LogP contribution in [0, 0.1) is 21.8 Å². The van der Waals surface area contributed by atoms with Gasteiger partial charge < -0.3 is 4.74 Å². The summed E-state index contributed by atoms with van der Waals surface area (Å²) in [4.78, 5) is 9.94. The molecule has 0 amide bonds. The van der Waals surface area contributed by atoms with Crippen LogP contribution in [0.2, 0.25) is 0 Å². The number of benzene rings is 1. The van der Waals surface area contributed by atoms with E-state index in [0.29, 0.717) is 5.92 Å². The highest BCUT2D eigenvalue weighted by atomic mass is 19.1. The van der Waals surface area contributed by atoms with Crippen molar-refractivity contribution in [3.05, 3.63) is 39.7 Å². The summed E-state index contributed by atoms with van der Waals surface area (Å²) in [6.45, 7) is 2.29. The first-order valence-electron chi connectivity index (χ1n) is 6.61. The molecule has 0 aliphatic heterocycles. The Balaban J connectivity index is 1.99. The minimum atomic E-state index is -0.781. The van der Waals surface area contributed by atoms with Crippen LogP contribution in [0.3, 0.4) is 0 Å². The van der Waals surface area contributed by atoms with Crippen LogP contribution in [0.4, 0.5) is 10.1 Å². The van der Waals surface area contributed by atoms with E-state index in [1.807, 2.05) is 0 Å². The Morgan fingerprint density at radius 3 is 2.95 bits per heavy atom. The van der Waals surface area contributed by atoms with Crippen LogP contribution in [-0.4, -0.2) is 11.0 Å². The Hall–Kier alpha value is -1.49. The maximum Gasteiger partial charge on any atom is 0.305 e. The lowest BCUT2D eigenvalue weighted by Gasteiger charge is -2.26. The van der Waals surface area contributed by atoms with E-state index in [9.17, 15) is 14.5 Å². The lowest BCUT2D eigenvalue weighted by molar-refractivity contribution is -0.387. The number of rotatable bonds is 4. The Morgan fingerprint density at radius 1 is 1.47 bits per heavy atom. The first kappa shape index (κ1) is 13.9. The van der Waals surface area contributed by atoms with Gasteiger partial charge in [0.1, 0.15) is 0 Å². The fraction of sp³-hybridized carbons (Fsp3) is 0.571. The highest BCUT2D eigenvalue weighted by Crippen LogP contribution is 2.27. The highest BCUT2D eigenvalue weighted by molar-refractivity contribution is 5.36. The first-order valence-corrected chi connectivity index (χ1v) is 6.61. The molecule has 1 aliphatic rings. The van der Waals surface area contributed by atoms with Gasteiger partial charge in [-0.05, 0) is 18.8 Å². The van der Waals surface area contributed by atoms with Gasteiger partial charge in [0.15, 0.2) is 0 Å². The third-order valence-corrected chi connectivity index (χ3v) is 3.62. The maximum absolute atomic E-state index is 13.8. The van der Waals surface area contributed by atoms with Gasteiger partial charge in [-0.2, -0.15) is 4.39 Å². The summed E-state index contributed by atoms with van der Waals surface area (Å²) in [6.07, 6.45) is 4.45. The summed E-state index contributed by atoms with van der Waals surface area (Å²) < 4.78 is 19.5. The smallest absolute Gasteiger partial charge is 0.305 e. The van der Waals surface area contributed by atoms with Crippen LogP contribution < -0.4 is 0 Å². The van der Waals surface area contributed by atoms with Gasteiger partial charge in [0.25, 0.3) is 0 Å². The van der Waals surface area contributed by atoms with Crippen molar-refractivity contribution in [2.24, 2.45) is 5.92 Å². The molecule has 0 bridgehead atoms. The van der Waals surface area contributed by atoms with Crippen LogP contribution in [0.15, 0.2) is 18.2 Å². The van der Waals surface area contributed by atoms with Crippen molar-refractivity contribution in [1.29, 1.82) is 0 Å². The number of hydrogen-bond donors (Lipinski definition) is 0. The zero-order chi connectivity index (χ0) is 13.8. The standard InChI is InChI=1S/C14H18FNO3/c1-10-4-2-6-12(8-10)19-9-11-5-3-7-13(14(11)15)16(17)18/h3,5,7,10,12H,2,4,6,8-9H2,1H3. The van der Waals surface area contributed by atoms with Gasteiger partial charge in [0, 0.05) is 11.6 Å². The molecule has 5 heteroatoms. The van der Waals surface area contributed by atoms with E-state index < -0.39 is 16.4 Å². The van der Waals surface area contributed by atoms with Crippen LogP contribution in [0.1, 0.15) is 38.2 Å². The molecule has 0 heterocycles. The van der Waals surface area contributed by atoms with Gasteiger partial charge >= 0.3 is 5.69 Å². The Labute approximate surface area is 111 Å². The molecule has 1 aliphatic carbocycles. The van der Waals surface area contributed by atoms with Crippen LogP contribution >= 0.6 is 0 Å². The number of nitro groups is 1. The van der Waals surface area contributed by atoms with Crippen molar-refractivity contribution in [2.75, 3.05) is 0 Å². The lowest BCUT2D eigenvalue weighted by atomic mass is 9.89. The fourth-order valence-electron chi connectivity index (χ4n) is 2.56. The summed E-state index contributed by atoms with van der Waals surface area (Å²) in [5.41, 5.74) is -0.231. The third kappa shape index (κ3) is 3.50. The first-order chi connectivity index (χ1) is 9.08. The number of nitrogens with zero attached hydrogens (tertiary/aromatic N) is 1. The molecule has 0 saturated heterocycles. The van der Waals surface area contributed by atoms with Crippen molar-refractivity contribution in [1.82, 2.24) is 0 Å².